The Morgan fingerprint density at radius 1 is 0.427 bits per heavy atom. The van der Waals surface area contributed by atoms with Crippen molar-refractivity contribution >= 4 is 87.2 Å². The van der Waals surface area contributed by atoms with Gasteiger partial charge in [0.15, 0.2) is 16.8 Å². The van der Waals surface area contributed by atoms with Crippen LogP contribution in [0.1, 0.15) is 130 Å². The number of aromatic nitrogens is 8. The summed E-state index contributed by atoms with van der Waals surface area (Å²) < 4.78 is 48.0. The summed E-state index contributed by atoms with van der Waals surface area (Å²) in [5, 5.41) is 8.62. The first kappa shape index (κ1) is 71.9. The third-order valence-corrected chi connectivity index (χ3v) is 19.5. The van der Waals surface area contributed by atoms with Gasteiger partial charge in [-0.15, -0.1) is 0 Å². The van der Waals surface area contributed by atoms with Crippen LogP contribution in [-0.4, -0.2) is 151 Å². The van der Waals surface area contributed by atoms with Gasteiger partial charge < -0.3 is 57.3 Å². The molecule has 0 radical (unpaired) electrons. The number of nitrogens with one attached hydrogen (secondary N) is 2. The second-order valence-electron chi connectivity index (χ2n) is 25.5. The molecule has 0 aliphatic carbocycles. The average molecular weight is 1310 g/mol. The van der Waals surface area contributed by atoms with Gasteiger partial charge in [-0.3, -0.25) is 14.6 Å². The number of nitrogens with zero attached hydrogens (tertiary/aromatic N) is 10. The zero-order chi connectivity index (χ0) is 69.4. The molecule has 4 atom stereocenters. The summed E-state index contributed by atoms with van der Waals surface area (Å²) in [4.78, 5) is 48.2. The first-order valence-corrected chi connectivity index (χ1v) is 34.5. The van der Waals surface area contributed by atoms with E-state index in [9.17, 15) is 18.4 Å². The summed E-state index contributed by atoms with van der Waals surface area (Å²) in [5.74, 6) is 0.905. The fraction of sp³-hybridized carbons (Fsp3) is 0.436. The van der Waals surface area contributed by atoms with E-state index in [1.807, 2.05) is 56.6 Å². The van der Waals surface area contributed by atoms with Crippen LogP contribution >= 0.6 is 0 Å². The molecule has 4 aromatic carbocycles. The van der Waals surface area contributed by atoms with Crippen LogP contribution in [0.25, 0.3) is 87.2 Å². The summed E-state index contributed by atoms with van der Waals surface area (Å²) in [6, 6.07) is 31.1. The zero-order valence-electron chi connectivity index (χ0n) is 60.0. The summed E-state index contributed by atoms with van der Waals surface area (Å²) in [6.07, 6.45) is 3.88. The summed E-state index contributed by atoms with van der Waals surface area (Å²) in [5.41, 5.74) is 12.4. The van der Waals surface area contributed by atoms with Crippen LogP contribution in [0.15, 0.2) is 119 Å². The molecule has 0 aliphatic heterocycles. The third kappa shape index (κ3) is 14.8. The van der Waals surface area contributed by atoms with E-state index >= 15 is 0 Å². The van der Waals surface area contributed by atoms with E-state index in [0.29, 0.717) is 12.1 Å². The van der Waals surface area contributed by atoms with Crippen LogP contribution in [-0.2, 0) is 0 Å². The number of aromatic amines is 2. The molecule has 0 saturated carbocycles. The SMILES string of the molecule is CCN(CC)CC(C)n1c2cc(=O)ccc2c2cc(F)[nH]c(C)c21.CCN(CC)CC(C)n1c2cc(=O)ccc2c2cc[nH]c(C)c21.CCN(CC)CC(C)n1c2cc(OC)ccc2c2cc(F)nc(C)c21.CCN(CC)CC(C)n1c2cc(OC)ccc2c2ccnc(C)c21. The molecule has 4 unspecified atom stereocenters. The Morgan fingerprint density at radius 2 is 0.792 bits per heavy atom. The van der Waals surface area contributed by atoms with Gasteiger partial charge in [0.05, 0.1) is 69.7 Å². The van der Waals surface area contributed by atoms with Crippen LogP contribution in [0.3, 0.4) is 0 Å². The molecule has 0 fully saturated rings. The fourth-order valence-corrected chi connectivity index (χ4v) is 14.6. The molecule has 0 spiro atoms. The van der Waals surface area contributed by atoms with Gasteiger partial charge in [0.25, 0.3) is 0 Å². The van der Waals surface area contributed by atoms with Gasteiger partial charge in [-0.2, -0.15) is 8.78 Å². The van der Waals surface area contributed by atoms with Crippen molar-refractivity contribution in [3.63, 3.8) is 0 Å². The molecule has 8 heterocycles. The number of H-pyrrole nitrogens is 2. The standard InChI is InChI=1S/C20H26FN3O.C20H27N3O.C19H24FN3O.C19H25N3O/c1-6-23(7-2)12-13(3)24-18-10-15(25-5)8-9-16(18)17-11-19(21)22-14(4)20(17)24;1-6-22(7-2)13-14(3)23-19-12-16(24-5)8-9-17(19)18-10-11-21-15(4)20(18)23;1-5-22(6-2)11-12(3)23-17-9-14(24)7-8-15(17)16-10-18(20)21-13(4)19(16)23;1-5-21(6-2)12-13(3)22-18-11-15(23)7-8-16(18)17-9-10-20-14(4)19(17)22/h8-11,13H,6-7,12H2,1-5H3;8-12,14H,6-7,13H2,1-5H3;7-10,12,21H,5-6,11H2,1-4H3;7-11,13,20H,5-6,12H2,1-4H3. The first-order chi connectivity index (χ1) is 46.1. The average Bonchev–Trinajstić information content (AvgIpc) is 1.66. The van der Waals surface area contributed by atoms with E-state index in [-0.39, 0.29) is 28.9 Å². The molecule has 16 nitrogen and oxygen atoms in total. The van der Waals surface area contributed by atoms with Crippen molar-refractivity contribution in [2.45, 2.75) is 135 Å². The Balaban J connectivity index is 0.000000150. The second-order valence-corrected chi connectivity index (χ2v) is 25.5. The zero-order valence-corrected chi connectivity index (χ0v) is 60.0. The number of hydrogen-bond acceptors (Lipinski definition) is 10. The lowest BCUT2D eigenvalue weighted by molar-refractivity contribution is 0.265. The molecule has 12 aromatic rings. The molecular weight excluding hydrogens is 1210 g/mol. The Kier molecular flexibility index (Phi) is 23.7. The minimum Gasteiger partial charge on any atom is -0.497 e. The molecule has 2 N–H and O–H groups in total. The highest BCUT2D eigenvalue weighted by atomic mass is 19.1. The van der Waals surface area contributed by atoms with Crippen molar-refractivity contribution in [2.75, 3.05) is 92.8 Å². The topological polar surface area (TPSA) is 143 Å². The minimum atomic E-state index is -0.434. The van der Waals surface area contributed by atoms with Crippen LogP contribution < -0.4 is 20.3 Å². The van der Waals surface area contributed by atoms with Crippen LogP contribution in [0, 0.1) is 39.6 Å². The number of ether oxygens (including phenoxy) is 2. The lowest BCUT2D eigenvalue weighted by Crippen LogP contribution is -2.29. The Labute approximate surface area is 564 Å². The van der Waals surface area contributed by atoms with E-state index in [0.717, 1.165) is 167 Å². The number of pyridine rings is 4. The summed E-state index contributed by atoms with van der Waals surface area (Å²) in [6.45, 7) is 46.3. The van der Waals surface area contributed by atoms with Crippen molar-refractivity contribution in [1.29, 1.82) is 0 Å². The highest BCUT2D eigenvalue weighted by Crippen LogP contribution is 2.39. The number of hydrogen-bond donors (Lipinski definition) is 2. The molecule has 12 rings (SSSR count). The van der Waals surface area contributed by atoms with Gasteiger partial charge in [0.2, 0.25) is 5.95 Å². The molecule has 0 aliphatic rings. The first-order valence-electron chi connectivity index (χ1n) is 34.5. The lowest BCUT2D eigenvalue weighted by atomic mass is 10.1. The van der Waals surface area contributed by atoms with Gasteiger partial charge in [-0.25, -0.2) is 4.98 Å². The number of likely N-dealkylation sites (N-methyl/N-ethyl adjacent to an activating group) is 4. The van der Waals surface area contributed by atoms with Gasteiger partial charge >= 0.3 is 0 Å². The van der Waals surface area contributed by atoms with E-state index in [2.05, 4.69) is 179 Å². The van der Waals surface area contributed by atoms with Crippen LogP contribution in [0.2, 0.25) is 0 Å². The van der Waals surface area contributed by atoms with Crippen LogP contribution in [0.5, 0.6) is 11.5 Å². The molecule has 0 saturated heterocycles. The summed E-state index contributed by atoms with van der Waals surface area (Å²) >= 11 is 0. The quantitative estimate of drug-likeness (QED) is 0.0630. The Bertz CT molecular complexity index is 4770. The van der Waals surface area contributed by atoms with Crippen molar-refractivity contribution in [3.8, 4) is 11.5 Å². The van der Waals surface area contributed by atoms with Gasteiger partial charge in [-0.05, 0) is 168 Å². The molecular formula is C78H102F2N12O4. The van der Waals surface area contributed by atoms with Crippen molar-refractivity contribution in [3.05, 3.63) is 165 Å². The summed E-state index contributed by atoms with van der Waals surface area (Å²) in [7, 11) is 3.39. The van der Waals surface area contributed by atoms with Crippen molar-refractivity contribution in [1.82, 2.24) is 57.8 Å². The van der Waals surface area contributed by atoms with Crippen LogP contribution in [0.4, 0.5) is 8.78 Å². The predicted molar refractivity (Wildman–Crippen MR) is 397 cm³/mol. The van der Waals surface area contributed by atoms with Crippen molar-refractivity contribution in [2.24, 2.45) is 0 Å². The largest absolute Gasteiger partial charge is 0.497 e. The number of benzene rings is 4. The van der Waals surface area contributed by atoms with E-state index in [4.69, 9.17) is 9.47 Å². The number of aryl methyl sites for hydroxylation is 4. The molecule has 0 amide bonds. The van der Waals surface area contributed by atoms with E-state index in [1.54, 1.807) is 44.6 Å². The lowest BCUT2D eigenvalue weighted by Gasteiger charge is -2.25. The number of halogens is 2. The van der Waals surface area contributed by atoms with E-state index in [1.165, 1.54) is 44.8 Å². The smallest absolute Gasteiger partial charge is 0.213 e. The molecule has 96 heavy (non-hydrogen) atoms. The van der Waals surface area contributed by atoms with Gasteiger partial charge in [0.1, 0.15) is 11.5 Å². The minimum absolute atomic E-state index is 0.0244. The monoisotopic (exact) mass is 1310 g/mol. The maximum absolute atomic E-state index is 13.9. The molecule has 0 bridgehead atoms. The molecule has 512 valence electrons. The molecule has 8 aromatic heterocycles. The maximum atomic E-state index is 13.9. The Morgan fingerprint density at radius 3 is 1.22 bits per heavy atom. The Hall–Kier alpha value is -8.42. The highest BCUT2D eigenvalue weighted by Gasteiger charge is 2.25. The maximum Gasteiger partial charge on any atom is 0.213 e. The van der Waals surface area contributed by atoms with Gasteiger partial charge in [0, 0.05) is 154 Å². The second kappa shape index (κ2) is 31.6. The molecule has 18 heteroatoms. The van der Waals surface area contributed by atoms with E-state index < -0.39 is 5.95 Å². The van der Waals surface area contributed by atoms with Gasteiger partial charge in [-0.1, -0.05) is 55.4 Å². The number of rotatable bonds is 22. The number of fused-ring (bicyclic) bond motifs is 12. The predicted octanol–water partition coefficient (Wildman–Crippen LogP) is 16.5. The van der Waals surface area contributed by atoms with Crippen molar-refractivity contribution < 1.29 is 18.3 Å². The third-order valence-electron chi connectivity index (χ3n) is 19.5. The number of methoxy groups -OCH3 is 2. The normalized spacial score (nSPS) is 13.2. The fourth-order valence-electron chi connectivity index (χ4n) is 14.6. The highest BCUT2D eigenvalue weighted by molar-refractivity contribution is 6.11.